The van der Waals surface area contributed by atoms with E-state index in [4.69, 9.17) is 4.74 Å². The fraction of sp³-hybridized carbons (Fsp3) is 0.400. The average molecular weight is 324 g/mol. The lowest BCUT2D eigenvalue weighted by Crippen LogP contribution is -2.47. The van der Waals surface area contributed by atoms with Crippen molar-refractivity contribution in [1.82, 2.24) is 9.47 Å². The van der Waals surface area contributed by atoms with Gasteiger partial charge in [0.15, 0.2) is 0 Å². The number of ether oxygens (including phenoxy) is 1. The van der Waals surface area contributed by atoms with Gasteiger partial charge in [-0.2, -0.15) is 0 Å². The second kappa shape index (κ2) is 6.55. The number of β-amino-alcohol motifs (C(OH)–C–C–N with tert-alkyl or cyclic N) is 1. The lowest BCUT2D eigenvalue weighted by Gasteiger charge is -2.34. The molecule has 0 unspecified atom stereocenters. The minimum Gasteiger partial charge on any atom is -0.390 e. The number of hydrogen-bond donors (Lipinski definition) is 1. The average Bonchev–Trinajstić information content (AvgIpc) is 2.92. The Balaban J connectivity index is 1.63. The summed E-state index contributed by atoms with van der Waals surface area (Å²) >= 11 is 0. The van der Waals surface area contributed by atoms with Gasteiger partial charge in [-0.3, -0.25) is 4.90 Å². The van der Waals surface area contributed by atoms with Crippen molar-refractivity contribution in [3.05, 3.63) is 48.5 Å². The predicted octanol–water partition coefficient (Wildman–Crippen LogP) is 2.88. The number of aliphatic hydroxyl groups excluding tert-OH is 1. The first-order valence-corrected chi connectivity index (χ1v) is 8.70. The maximum Gasteiger partial charge on any atom is 0.0846 e. The van der Waals surface area contributed by atoms with Crippen molar-refractivity contribution in [1.29, 1.82) is 0 Å². The van der Waals surface area contributed by atoms with Crippen LogP contribution in [0.3, 0.4) is 0 Å². The van der Waals surface area contributed by atoms with Gasteiger partial charge in [-0.25, -0.2) is 0 Å². The lowest BCUT2D eigenvalue weighted by molar-refractivity contribution is -0.0218. The highest BCUT2D eigenvalue weighted by Crippen LogP contribution is 2.28. The van der Waals surface area contributed by atoms with Crippen molar-refractivity contribution in [3.63, 3.8) is 0 Å². The fourth-order valence-electron chi connectivity index (χ4n) is 3.77. The van der Waals surface area contributed by atoms with Crippen LogP contribution < -0.4 is 0 Å². The molecule has 0 bridgehead atoms. The Morgan fingerprint density at radius 3 is 2.29 bits per heavy atom. The standard InChI is InChI=1S/C20H24N2O2/c1-15-14-24-11-10-21(15)12-16(23)13-22-19-8-4-2-6-17(19)18-7-3-5-9-20(18)22/h2-9,15-16,23H,10-14H2,1H3/t15-,16-/m1/s1. The quantitative estimate of drug-likeness (QED) is 0.802. The molecule has 3 aromatic rings. The minimum atomic E-state index is -0.398. The van der Waals surface area contributed by atoms with Gasteiger partial charge in [0.2, 0.25) is 0 Å². The number of rotatable bonds is 4. The lowest BCUT2D eigenvalue weighted by atomic mass is 10.2. The zero-order chi connectivity index (χ0) is 16.5. The molecule has 24 heavy (non-hydrogen) atoms. The summed E-state index contributed by atoms with van der Waals surface area (Å²) < 4.78 is 7.74. The fourth-order valence-corrected chi connectivity index (χ4v) is 3.77. The van der Waals surface area contributed by atoms with E-state index < -0.39 is 6.10 Å². The summed E-state index contributed by atoms with van der Waals surface area (Å²) in [7, 11) is 0. The number of nitrogens with zero attached hydrogens (tertiary/aromatic N) is 2. The molecular weight excluding hydrogens is 300 g/mol. The number of para-hydroxylation sites is 2. The third-order valence-electron chi connectivity index (χ3n) is 5.02. The molecule has 4 rings (SSSR count). The summed E-state index contributed by atoms with van der Waals surface area (Å²) in [5.41, 5.74) is 2.38. The van der Waals surface area contributed by atoms with Crippen LogP contribution in [0.1, 0.15) is 6.92 Å². The molecule has 1 aromatic heterocycles. The van der Waals surface area contributed by atoms with E-state index in [0.29, 0.717) is 19.1 Å². The van der Waals surface area contributed by atoms with Gasteiger partial charge in [0.1, 0.15) is 0 Å². The van der Waals surface area contributed by atoms with Gasteiger partial charge in [-0.05, 0) is 19.1 Å². The first-order chi connectivity index (χ1) is 11.7. The van der Waals surface area contributed by atoms with Gasteiger partial charge in [-0.15, -0.1) is 0 Å². The van der Waals surface area contributed by atoms with E-state index in [1.165, 1.54) is 21.8 Å². The van der Waals surface area contributed by atoms with E-state index in [2.05, 4.69) is 64.9 Å². The van der Waals surface area contributed by atoms with Crippen LogP contribution in [0, 0.1) is 0 Å². The molecule has 2 heterocycles. The Hall–Kier alpha value is -1.88. The Morgan fingerprint density at radius 2 is 1.67 bits per heavy atom. The molecule has 0 saturated carbocycles. The van der Waals surface area contributed by atoms with E-state index in [-0.39, 0.29) is 0 Å². The third kappa shape index (κ3) is 2.81. The van der Waals surface area contributed by atoms with Crippen molar-refractivity contribution in [2.75, 3.05) is 26.3 Å². The summed E-state index contributed by atoms with van der Waals surface area (Å²) in [6.45, 7) is 5.86. The van der Waals surface area contributed by atoms with Crippen molar-refractivity contribution in [3.8, 4) is 0 Å². The Bertz CT molecular complexity index is 789. The topological polar surface area (TPSA) is 37.6 Å². The summed E-state index contributed by atoms with van der Waals surface area (Å²) in [6.07, 6.45) is -0.398. The molecule has 126 valence electrons. The van der Waals surface area contributed by atoms with E-state index >= 15 is 0 Å². The van der Waals surface area contributed by atoms with Crippen LogP contribution in [-0.2, 0) is 11.3 Å². The van der Waals surface area contributed by atoms with Crippen LogP contribution in [0.25, 0.3) is 21.8 Å². The van der Waals surface area contributed by atoms with Gasteiger partial charge in [0.25, 0.3) is 0 Å². The molecule has 0 radical (unpaired) electrons. The first-order valence-electron chi connectivity index (χ1n) is 8.70. The van der Waals surface area contributed by atoms with Crippen LogP contribution in [0.15, 0.2) is 48.5 Å². The van der Waals surface area contributed by atoms with Crippen molar-refractivity contribution in [2.45, 2.75) is 25.6 Å². The first kappa shape index (κ1) is 15.6. The molecule has 2 atom stereocenters. The molecule has 0 amide bonds. The molecule has 1 fully saturated rings. The molecule has 1 aliphatic heterocycles. The monoisotopic (exact) mass is 324 g/mol. The summed E-state index contributed by atoms with van der Waals surface area (Å²) in [5.74, 6) is 0. The SMILES string of the molecule is C[C@@H]1COCCN1C[C@@H](O)Cn1c2ccccc2c2ccccc21. The van der Waals surface area contributed by atoms with Gasteiger partial charge >= 0.3 is 0 Å². The van der Waals surface area contributed by atoms with Crippen LogP contribution in [0.5, 0.6) is 0 Å². The minimum absolute atomic E-state index is 0.367. The largest absolute Gasteiger partial charge is 0.390 e. The van der Waals surface area contributed by atoms with Crippen molar-refractivity contribution >= 4 is 21.8 Å². The smallest absolute Gasteiger partial charge is 0.0846 e. The van der Waals surface area contributed by atoms with Crippen LogP contribution in [0.4, 0.5) is 0 Å². The Kier molecular flexibility index (Phi) is 4.27. The van der Waals surface area contributed by atoms with Crippen molar-refractivity contribution in [2.24, 2.45) is 0 Å². The van der Waals surface area contributed by atoms with Gasteiger partial charge < -0.3 is 14.4 Å². The molecule has 0 spiro atoms. The molecule has 1 N–H and O–H groups in total. The second-order valence-electron chi connectivity index (χ2n) is 6.72. The molecule has 0 aliphatic carbocycles. The zero-order valence-corrected chi connectivity index (χ0v) is 14.1. The predicted molar refractivity (Wildman–Crippen MR) is 97.3 cm³/mol. The third-order valence-corrected chi connectivity index (χ3v) is 5.02. The van der Waals surface area contributed by atoms with Gasteiger partial charge in [0, 0.05) is 40.9 Å². The highest BCUT2D eigenvalue weighted by molar-refractivity contribution is 6.07. The number of fused-ring (bicyclic) bond motifs is 3. The summed E-state index contributed by atoms with van der Waals surface area (Å²) in [4.78, 5) is 2.32. The molecular formula is C20H24N2O2. The molecule has 1 aliphatic rings. The molecule has 4 nitrogen and oxygen atoms in total. The highest BCUT2D eigenvalue weighted by atomic mass is 16.5. The maximum atomic E-state index is 10.7. The van der Waals surface area contributed by atoms with Gasteiger partial charge in [0.05, 0.1) is 25.9 Å². The van der Waals surface area contributed by atoms with E-state index in [0.717, 1.165) is 19.8 Å². The number of morpholine rings is 1. The molecule has 1 saturated heterocycles. The van der Waals surface area contributed by atoms with E-state index in [9.17, 15) is 5.11 Å². The number of aliphatic hydroxyl groups is 1. The van der Waals surface area contributed by atoms with Crippen LogP contribution >= 0.6 is 0 Å². The number of benzene rings is 2. The normalized spacial score (nSPS) is 20.7. The van der Waals surface area contributed by atoms with Crippen LogP contribution in [-0.4, -0.2) is 53.0 Å². The summed E-state index contributed by atoms with van der Waals surface area (Å²) in [6, 6.07) is 17.2. The van der Waals surface area contributed by atoms with Gasteiger partial charge in [-0.1, -0.05) is 36.4 Å². The number of hydrogen-bond acceptors (Lipinski definition) is 3. The summed E-state index contributed by atoms with van der Waals surface area (Å²) in [5, 5.41) is 13.2. The maximum absolute atomic E-state index is 10.7. The molecule has 4 heteroatoms. The molecule has 2 aromatic carbocycles. The highest BCUT2D eigenvalue weighted by Gasteiger charge is 2.22. The Morgan fingerprint density at radius 1 is 1.04 bits per heavy atom. The Labute approximate surface area is 142 Å². The second-order valence-corrected chi connectivity index (χ2v) is 6.72. The zero-order valence-electron chi connectivity index (χ0n) is 14.1. The van der Waals surface area contributed by atoms with Crippen LogP contribution in [0.2, 0.25) is 0 Å². The van der Waals surface area contributed by atoms with E-state index in [1.54, 1.807) is 0 Å². The number of aromatic nitrogens is 1. The van der Waals surface area contributed by atoms with Crippen molar-refractivity contribution < 1.29 is 9.84 Å². The van der Waals surface area contributed by atoms with E-state index in [1.807, 2.05) is 0 Å².